The number of hydrogen-bond donors (Lipinski definition) is 0. The molecule has 1 saturated carbocycles. The Morgan fingerprint density at radius 2 is 2.31 bits per heavy atom. The van der Waals surface area contributed by atoms with E-state index in [1.807, 2.05) is 0 Å². The molecule has 0 spiro atoms. The minimum Gasteiger partial charge on any atom is -0.246 e. The van der Waals surface area contributed by atoms with Gasteiger partial charge in [0.25, 0.3) is 0 Å². The Hall–Kier alpha value is -1.63. The Bertz CT molecular complexity index is 509. The van der Waals surface area contributed by atoms with Gasteiger partial charge in [0.2, 0.25) is 0 Å². The third-order valence-corrected chi connectivity index (χ3v) is 4.47. The van der Waals surface area contributed by atoms with Gasteiger partial charge in [0, 0.05) is 18.3 Å². The predicted octanol–water partition coefficient (Wildman–Crippen LogP) is 1.65. The molecular formula is C12H12N4. The van der Waals surface area contributed by atoms with Crippen molar-refractivity contribution in [2.24, 2.45) is 17.8 Å². The van der Waals surface area contributed by atoms with Crippen molar-refractivity contribution in [3.63, 3.8) is 0 Å². The van der Waals surface area contributed by atoms with Gasteiger partial charge in [-0.3, -0.25) is 0 Å². The molecule has 4 rings (SSSR count). The minimum atomic E-state index is 0.303. The molecule has 0 aromatic carbocycles. The molecule has 2 heterocycles. The first-order valence-electron chi connectivity index (χ1n) is 5.85. The van der Waals surface area contributed by atoms with E-state index in [9.17, 15) is 0 Å². The molecule has 0 N–H and O–H groups in total. The Labute approximate surface area is 93.6 Å². The lowest BCUT2D eigenvalue weighted by Gasteiger charge is -2.23. The second kappa shape index (κ2) is 2.73. The van der Waals surface area contributed by atoms with Crippen molar-refractivity contribution in [3.8, 4) is 6.07 Å². The van der Waals surface area contributed by atoms with E-state index >= 15 is 0 Å². The van der Waals surface area contributed by atoms with Gasteiger partial charge in [-0.05, 0) is 18.3 Å². The second-order valence-corrected chi connectivity index (χ2v) is 5.05. The molecule has 1 unspecified atom stereocenters. The van der Waals surface area contributed by atoms with Crippen molar-refractivity contribution in [2.45, 2.75) is 24.8 Å². The third kappa shape index (κ3) is 0.812. The number of nitriles is 1. The zero-order chi connectivity index (χ0) is 10.7. The number of hydrogen-bond acceptors (Lipinski definition) is 3. The van der Waals surface area contributed by atoms with Crippen LogP contribution in [0, 0.1) is 29.1 Å². The fourth-order valence-corrected chi connectivity index (χ4v) is 3.97. The molecule has 1 fully saturated rings. The summed E-state index contributed by atoms with van der Waals surface area (Å²) in [6, 6.07) is 2.78. The molecular weight excluding hydrogens is 200 g/mol. The number of allylic oxidation sites excluding steroid dienone is 2. The van der Waals surface area contributed by atoms with Crippen LogP contribution in [0.15, 0.2) is 18.5 Å². The van der Waals surface area contributed by atoms with E-state index in [4.69, 9.17) is 5.26 Å². The average molecular weight is 212 g/mol. The lowest BCUT2D eigenvalue weighted by molar-refractivity contribution is 0.307. The highest BCUT2D eigenvalue weighted by atomic mass is 15.4. The maximum absolute atomic E-state index is 8.95. The Morgan fingerprint density at radius 1 is 1.44 bits per heavy atom. The molecule has 2 bridgehead atoms. The predicted molar refractivity (Wildman–Crippen MR) is 56.3 cm³/mol. The van der Waals surface area contributed by atoms with Gasteiger partial charge < -0.3 is 0 Å². The smallest absolute Gasteiger partial charge is 0.138 e. The standard InChI is InChI=1S/C12H12N4/c13-4-3-9-10-7-1-2-8(5-7)11(10)16-12(9)14-6-15-16/h1-2,6-11H,3,5H2/t7-,8+,9?,10+,11+/m0/s1. The van der Waals surface area contributed by atoms with Crippen LogP contribution >= 0.6 is 0 Å². The van der Waals surface area contributed by atoms with E-state index in [0.717, 1.165) is 5.82 Å². The molecule has 80 valence electrons. The van der Waals surface area contributed by atoms with E-state index < -0.39 is 0 Å². The highest BCUT2D eigenvalue weighted by Gasteiger charge is 2.55. The summed E-state index contributed by atoms with van der Waals surface area (Å²) in [6.45, 7) is 0. The molecule has 16 heavy (non-hydrogen) atoms. The highest BCUT2D eigenvalue weighted by molar-refractivity contribution is 5.25. The summed E-state index contributed by atoms with van der Waals surface area (Å²) in [5.41, 5.74) is 0. The minimum absolute atomic E-state index is 0.303. The van der Waals surface area contributed by atoms with Crippen LogP contribution in [0.5, 0.6) is 0 Å². The first-order chi connectivity index (χ1) is 7.90. The molecule has 4 heteroatoms. The molecule has 1 aliphatic heterocycles. The molecule has 0 saturated heterocycles. The largest absolute Gasteiger partial charge is 0.246 e. The zero-order valence-electron chi connectivity index (χ0n) is 8.82. The summed E-state index contributed by atoms with van der Waals surface area (Å²) in [7, 11) is 0. The Morgan fingerprint density at radius 3 is 3.19 bits per heavy atom. The number of nitrogens with zero attached hydrogens (tertiary/aromatic N) is 4. The first kappa shape index (κ1) is 8.51. The maximum atomic E-state index is 8.95. The average Bonchev–Trinajstić information content (AvgIpc) is 2.97. The summed E-state index contributed by atoms with van der Waals surface area (Å²) < 4.78 is 2.08. The molecule has 1 aromatic rings. The highest BCUT2D eigenvalue weighted by Crippen LogP contribution is 2.59. The van der Waals surface area contributed by atoms with Crippen molar-refractivity contribution in [3.05, 3.63) is 24.3 Å². The van der Waals surface area contributed by atoms with E-state index in [-0.39, 0.29) is 0 Å². The van der Waals surface area contributed by atoms with Gasteiger partial charge in [0.05, 0.1) is 12.1 Å². The fraction of sp³-hybridized carbons (Fsp3) is 0.583. The SMILES string of the molecule is N#CCC1c2ncnn2[C@H]2[C@@H]1[C@H]1C=C[C@@H]2C1. The van der Waals surface area contributed by atoms with Crippen LogP contribution in [0.2, 0.25) is 0 Å². The first-order valence-corrected chi connectivity index (χ1v) is 5.85. The van der Waals surface area contributed by atoms with Crippen LogP contribution in [0.3, 0.4) is 0 Å². The van der Waals surface area contributed by atoms with Gasteiger partial charge in [-0.1, -0.05) is 12.2 Å². The fourth-order valence-electron chi connectivity index (χ4n) is 3.97. The van der Waals surface area contributed by atoms with E-state index in [2.05, 4.69) is 33.0 Å². The Kier molecular flexibility index (Phi) is 1.45. The van der Waals surface area contributed by atoms with Crippen LogP contribution in [-0.4, -0.2) is 14.8 Å². The van der Waals surface area contributed by atoms with E-state index in [1.54, 1.807) is 6.33 Å². The monoisotopic (exact) mass is 212 g/mol. The van der Waals surface area contributed by atoms with Crippen LogP contribution in [0.1, 0.15) is 30.6 Å². The van der Waals surface area contributed by atoms with Crippen LogP contribution < -0.4 is 0 Å². The molecule has 5 atom stereocenters. The zero-order valence-corrected chi connectivity index (χ0v) is 8.82. The van der Waals surface area contributed by atoms with E-state index in [0.29, 0.717) is 36.1 Å². The molecule has 3 aliphatic rings. The van der Waals surface area contributed by atoms with Gasteiger partial charge in [0.15, 0.2) is 0 Å². The van der Waals surface area contributed by atoms with Crippen molar-refractivity contribution in [2.75, 3.05) is 0 Å². The number of rotatable bonds is 1. The lowest BCUT2D eigenvalue weighted by Crippen LogP contribution is -2.20. The van der Waals surface area contributed by atoms with Crippen LogP contribution in [0.4, 0.5) is 0 Å². The summed E-state index contributed by atoms with van der Waals surface area (Å²) in [4.78, 5) is 4.35. The lowest BCUT2D eigenvalue weighted by atomic mass is 9.80. The van der Waals surface area contributed by atoms with Crippen LogP contribution in [0.25, 0.3) is 0 Å². The van der Waals surface area contributed by atoms with Gasteiger partial charge in [-0.2, -0.15) is 10.4 Å². The van der Waals surface area contributed by atoms with Gasteiger partial charge in [-0.25, -0.2) is 9.67 Å². The molecule has 1 aromatic heterocycles. The number of aromatic nitrogens is 3. The normalized spacial score (nSPS) is 42.1. The van der Waals surface area contributed by atoms with Gasteiger partial charge in [-0.15, -0.1) is 0 Å². The molecule has 0 radical (unpaired) electrons. The van der Waals surface area contributed by atoms with E-state index in [1.165, 1.54) is 6.42 Å². The quantitative estimate of drug-likeness (QED) is 0.665. The third-order valence-electron chi connectivity index (χ3n) is 4.47. The molecule has 0 amide bonds. The second-order valence-electron chi connectivity index (χ2n) is 5.05. The van der Waals surface area contributed by atoms with Crippen molar-refractivity contribution >= 4 is 0 Å². The summed E-state index contributed by atoms with van der Waals surface area (Å²) >= 11 is 0. The topological polar surface area (TPSA) is 54.5 Å². The van der Waals surface area contributed by atoms with Crippen molar-refractivity contribution < 1.29 is 0 Å². The molecule has 4 nitrogen and oxygen atoms in total. The van der Waals surface area contributed by atoms with Gasteiger partial charge in [0.1, 0.15) is 12.2 Å². The number of fused-ring (bicyclic) bond motifs is 7. The molecule has 2 aliphatic carbocycles. The van der Waals surface area contributed by atoms with Crippen molar-refractivity contribution in [1.29, 1.82) is 5.26 Å². The van der Waals surface area contributed by atoms with Crippen LogP contribution in [-0.2, 0) is 0 Å². The maximum Gasteiger partial charge on any atom is 0.138 e. The Balaban J connectivity index is 1.85. The van der Waals surface area contributed by atoms with Gasteiger partial charge >= 0.3 is 0 Å². The summed E-state index contributed by atoms with van der Waals surface area (Å²) in [5.74, 6) is 3.19. The van der Waals surface area contributed by atoms with Crippen molar-refractivity contribution in [1.82, 2.24) is 14.8 Å². The summed E-state index contributed by atoms with van der Waals surface area (Å²) in [5, 5.41) is 13.3. The summed E-state index contributed by atoms with van der Waals surface area (Å²) in [6.07, 6.45) is 8.12.